The number of hydrogen-bond acceptors (Lipinski definition) is 4. The van der Waals surface area contributed by atoms with Crippen LogP contribution < -0.4 is 16.0 Å². The molecule has 1 unspecified atom stereocenters. The summed E-state index contributed by atoms with van der Waals surface area (Å²) in [5, 5.41) is 8.44. The summed E-state index contributed by atoms with van der Waals surface area (Å²) in [5.74, 6) is -0.461. The third kappa shape index (κ3) is 5.92. The number of rotatable bonds is 7. The number of nitrogens with one attached hydrogen (secondary N) is 3. The minimum Gasteiger partial charge on any atom is -0.463 e. The molecule has 3 rings (SSSR count). The highest BCUT2D eigenvalue weighted by molar-refractivity contribution is 9.10. The summed E-state index contributed by atoms with van der Waals surface area (Å²) >= 11 is 3.37. The summed E-state index contributed by atoms with van der Waals surface area (Å²) in [7, 11) is 0. The molecule has 1 aliphatic heterocycles. The number of benzene rings is 2. The second-order valence-corrected chi connectivity index (χ2v) is 8.38. The van der Waals surface area contributed by atoms with Gasteiger partial charge in [0.2, 0.25) is 0 Å². The Balaban J connectivity index is 1.79. The molecule has 33 heavy (non-hydrogen) atoms. The number of allylic oxidation sites excluding steroid dienone is 1. The lowest BCUT2D eigenvalue weighted by atomic mass is 9.94. The zero-order chi connectivity index (χ0) is 24.0. The second-order valence-electron chi connectivity index (χ2n) is 7.47. The molecule has 0 fully saturated rings. The Morgan fingerprint density at radius 3 is 2.42 bits per heavy atom. The number of hydrogen-bond donors (Lipinski definition) is 3. The molecular formula is C24H27BrN4O4. The molecule has 0 saturated carbocycles. The standard InChI is InChI=1S/C24H27BrN4O4/c1-4-13-29-15(3)20(22(30)33-5-2)21(28-24(29)32)16-9-11-18(12-10-16)26-23(31)27-19-8-6-7-17(25)14-19/h6-12,14,21H,4-5,13H2,1-3H3,(H,28,32)(H2,26,27,31). The lowest BCUT2D eigenvalue weighted by Gasteiger charge is -2.35. The third-order valence-electron chi connectivity index (χ3n) is 5.12. The number of nitrogens with zero attached hydrogens (tertiary/aromatic N) is 1. The first kappa shape index (κ1) is 24.3. The van der Waals surface area contributed by atoms with Crippen LogP contribution in [0.25, 0.3) is 0 Å². The Hall–Kier alpha value is -3.33. The highest BCUT2D eigenvalue weighted by Crippen LogP contribution is 2.32. The summed E-state index contributed by atoms with van der Waals surface area (Å²) in [6.07, 6.45) is 0.758. The van der Waals surface area contributed by atoms with E-state index in [0.717, 1.165) is 10.9 Å². The lowest BCUT2D eigenvalue weighted by molar-refractivity contribution is -0.139. The van der Waals surface area contributed by atoms with Crippen molar-refractivity contribution in [2.75, 3.05) is 23.8 Å². The van der Waals surface area contributed by atoms with Crippen LogP contribution in [-0.2, 0) is 9.53 Å². The van der Waals surface area contributed by atoms with E-state index in [-0.39, 0.29) is 18.7 Å². The first-order chi connectivity index (χ1) is 15.8. The molecule has 8 nitrogen and oxygen atoms in total. The van der Waals surface area contributed by atoms with E-state index in [2.05, 4.69) is 31.9 Å². The molecule has 4 amide bonds. The van der Waals surface area contributed by atoms with Crippen molar-refractivity contribution in [3.8, 4) is 0 Å². The fourth-order valence-corrected chi connectivity index (χ4v) is 4.02. The van der Waals surface area contributed by atoms with Crippen LogP contribution in [0.5, 0.6) is 0 Å². The molecule has 0 spiro atoms. The van der Waals surface area contributed by atoms with Crippen LogP contribution in [0.3, 0.4) is 0 Å². The van der Waals surface area contributed by atoms with Gasteiger partial charge in [0.05, 0.1) is 18.2 Å². The fraction of sp³-hybridized carbons (Fsp3) is 0.292. The molecule has 2 aromatic rings. The molecule has 3 N–H and O–H groups in total. The van der Waals surface area contributed by atoms with E-state index < -0.39 is 12.0 Å². The SMILES string of the molecule is CCCN1C(=O)NC(c2ccc(NC(=O)Nc3cccc(Br)c3)cc2)C(C(=O)OCC)=C1C. The molecule has 0 aliphatic carbocycles. The van der Waals surface area contributed by atoms with Crippen LogP contribution >= 0.6 is 15.9 Å². The molecular weight excluding hydrogens is 488 g/mol. The molecule has 0 aromatic heterocycles. The Morgan fingerprint density at radius 2 is 1.79 bits per heavy atom. The maximum Gasteiger partial charge on any atom is 0.338 e. The average molecular weight is 515 g/mol. The molecule has 1 atom stereocenters. The van der Waals surface area contributed by atoms with Gasteiger partial charge >= 0.3 is 18.0 Å². The molecule has 0 bridgehead atoms. The number of amides is 4. The van der Waals surface area contributed by atoms with Crippen LogP contribution in [-0.4, -0.2) is 36.1 Å². The van der Waals surface area contributed by atoms with Crippen molar-refractivity contribution in [2.45, 2.75) is 33.2 Å². The predicted octanol–water partition coefficient (Wildman–Crippen LogP) is 5.41. The maximum absolute atomic E-state index is 12.7. The quantitative estimate of drug-likeness (QED) is 0.430. The van der Waals surface area contributed by atoms with Crippen molar-refractivity contribution in [1.82, 2.24) is 10.2 Å². The Bertz CT molecular complexity index is 1070. The number of urea groups is 2. The number of carbonyl (C=O) groups is 3. The van der Waals surface area contributed by atoms with Crippen LogP contribution in [0, 0.1) is 0 Å². The Morgan fingerprint density at radius 1 is 1.09 bits per heavy atom. The van der Waals surface area contributed by atoms with Gasteiger partial charge in [-0.25, -0.2) is 14.4 Å². The van der Waals surface area contributed by atoms with E-state index in [1.807, 2.05) is 19.1 Å². The molecule has 9 heteroatoms. The lowest BCUT2D eigenvalue weighted by Crippen LogP contribution is -2.48. The number of esters is 1. The van der Waals surface area contributed by atoms with Gasteiger partial charge in [0.15, 0.2) is 0 Å². The number of carbonyl (C=O) groups excluding carboxylic acids is 3. The molecule has 2 aromatic carbocycles. The minimum absolute atomic E-state index is 0.236. The van der Waals surface area contributed by atoms with E-state index >= 15 is 0 Å². The first-order valence-corrected chi connectivity index (χ1v) is 11.5. The van der Waals surface area contributed by atoms with Crippen LogP contribution in [0.1, 0.15) is 38.8 Å². The first-order valence-electron chi connectivity index (χ1n) is 10.7. The van der Waals surface area contributed by atoms with Crippen molar-refractivity contribution < 1.29 is 19.1 Å². The van der Waals surface area contributed by atoms with Gasteiger partial charge in [-0.3, -0.25) is 4.90 Å². The number of halogens is 1. The average Bonchev–Trinajstić information content (AvgIpc) is 2.77. The highest BCUT2D eigenvalue weighted by atomic mass is 79.9. The molecule has 0 radical (unpaired) electrons. The van der Waals surface area contributed by atoms with E-state index in [1.165, 1.54) is 0 Å². The molecule has 1 aliphatic rings. The number of ether oxygens (including phenoxy) is 1. The topological polar surface area (TPSA) is 99.8 Å². The minimum atomic E-state index is -0.644. The van der Waals surface area contributed by atoms with Crippen molar-refractivity contribution in [2.24, 2.45) is 0 Å². The van der Waals surface area contributed by atoms with Gasteiger partial charge in [-0.1, -0.05) is 41.1 Å². The smallest absolute Gasteiger partial charge is 0.338 e. The predicted molar refractivity (Wildman–Crippen MR) is 131 cm³/mol. The van der Waals surface area contributed by atoms with Gasteiger partial charge in [0, 0.05) is 28.1 Å². The summed E-state index contributed by atoms with van der Waals surface area (Å²) in [4.78, 5) is 39.3. The maximum atomic E-state index is 12.7. The normalized spacial score (nSPS) is 15.7. The van der Waals surface area contributed by atoms with Crippen LogP contribution in [0.2, 0.25) is 0 Å². The Labute approximate surface area is 201 Å². The van der Waals surface area contributed by atoms with E-state index in [9.17, 15) is 14.4 Å². The third-order valence-corrected chi connectivity index (χ3v) is 5.62. The van der Waals surface area contributed by atoms with Gasteiger partial charge in [-0.15, -0.1) is 0 Å². The van der Waals surface area contributed by atoms with Crippen molar-refractivity contribution in [1.29, 1.82) is 0 Å². The largest absolute Gasteiger partial charge is 0.463 e. The fourth-order valence-electron chi connectivity index (χ4n) is 3.62. The summed E-state index contributed by atoms with van der Waals surface area (Å²) in [6.45, 7) is 6.21. The van der Waals surface area contributed by atoms with E-state index in [4.69, 9.17) is 4.74 Å². The van der Waals surface area contributed by atoms with E-state index in [1.54, 1.807) is 55.1 Å². The molecule has 1 heterocycles. The van der Waals surface area contributed by atoms with Crippen molar-refractivity contribution in [3.05, 3.63) is 69.8 Å². The van der Waals surface area contributed by atoms with E-state index in [0.29, 0.717) is 34.8 Å². The molecule has 174 valence electrons. The van der Waals surface area contributed by atoms with Crippen molar-refractivity contribution in [3.63, 3.8) is 0 Å². The zero-order valence-electron chi connectivity index (χ0n) is 18.8. The summed E-state index contributed by atoms with van der Waals surface area (Å²) < 4.78 is 6.12. The second kappa shape index (κ2) is 11.0. The monoisotopic (exact) mass is 514 g/mol. The van der Waals surface area contributed by atoms with Gasteiger partial charge in [-0.05, 0) is 56.2 Å². The number of anilines is 2. The van der Waals surface area contributed by atoms with Gasteiger partial charge in [-0.2, -0.15) is 0 Å². The van der Waals surface area contributed by atoms with Crippen LogP contribution in [0.4, 0.5) is 21.0 Å². The highest BCUT2D eigenvalue weighted by Gasteiger charge is 2.36. The van der Waals surface area contributed by atoms with Crippen molar-refractivity contribution >= 4 is 45.3 Å². The molecule has 0 saturated heterocycles. The zero-order valence-corrected chi connectivity index (χ0v) is 20.4. The van der Waals surface area contributed by atoms with Gasteiger partial charge in [0.1, 0.15) is 0 Å². The summed E-state index contributed by atoms with van der Waals surface area (Å²) in [6, 6.07) is 13.0. The van der Waals surface area contributed by atoms with Gasteiger partial charge < -0.3 is 20.7 Å². The van der Waals surface area contributed by atoms with Crippen LogP contribution in [0.15, 0.2) is 64.3 Å². The van der Waals surface area contributed by atoms with Gasteiger partial charge in [0.25, 0.3) is 0 Å². The Kier molecular flexibility index (Phi) is 8.11. The summed E-state index contributed by atoms with van der Waals surface area (Å²) in [5.41, 5.74) is 2.91.